The van der Waals surface area contributed by atoms with Crippen LogP contribution in [0.3, 0.4) is 0 Å². The van der Waals surface area contributed by atoms with Crippen LogP contribution in [-0.2, 0) is 0 Å². The topological polar surface area (TPSA) is 60.2 Å². The van der Waals surface area contributed by atoms with Gasteiger partial charge in [0.15, 0.2) is 0 Å². The highest BCUT2D eigenvalue weighted by molar-refractivity contribution is 6.05. The summed E-state index contributed by atoms with van der Waals surface area (Å²) in [7, 11) is 1.66. The molecule has 0 spiro atoms. The van der Waals surface area contributed by atoms with E-state index < -0.39 is 0 Å². The van der Waals surface area contributed by atoms with Gasteiger partial charge >= 0.3 is 0 Å². The predicted octanol–water partition coefficient (Wildman–Crippen LogP) is 4.98. The Labute approximate surface area is 187 Å². The molecule has 6 nitrogen and oxygen atoms in total. The van der Waals surface area contributed by atoms with Gasteiger partial charge in [-0.1, -0.05) is 60.2 Å². The fourth-order valence-corrected chi connectivity index (χ4v) is 4.32. The summed E-state index contributed by atoms with van der Waals surface area (Å²) in [6.45, 7) is 2.01. The average Bonchev–Trinajstić information content (AvgIpc) is 3.33. The van der Waals surface area contributed by atoms with Crippen molar-refractivity contribution in [1.82, 2.24) is 14.8 Å². The lowest BCUT2D eigenvalue weighted by atomic mass is 9.91. The molecular formula is C26H24N4O2. The molecule has 160 valence electrons. The van der Waals surface area contributed by atoms with E-state index in [0.717, 1.165) is 22.4 Å². The van der Waals surface area contributed by atoms with Crippen molar-refractivity contribution in [3.05, 3.63) is 107 Å². The van der Waals surface area contributed by atoms with Crippen LogP contribution in [0.1, 0.15) is 45.6 Å². The Kier molecular flexibility index (Phi) is 5.19. The highest BCUT2D eigenvalue weighted by Gasteiger charge is 2.39. The summed E-state index contributed by atoms with van der Waals surface area (Å²) in [6.07, 6.45) is 2.21. The molecule has 0 unspecified atom stereocenters. The number of aromatic nitrogens is 3. The molecule has 5 rings (SSSR count). The van der Waals surface area contributed by atoms with Crippen molar-refractivity contribution < 1.29 is 9.53 Å². The summed E-state index contributed by atoms with van der Waals surface area (Å²) in [5.41, 5.74) is 3.91. The van der Waals surface area contributed by atoms with E-state index in [-0.39, 0.29) is 18.0 Å². The Morgan fingerprint density at radius 2 is 1.59 bits per heavy atom. The number of amides is 1. The SMILES string of the molecule is COc1ccc([C@@H]2C[C@@H](c3ccccc3)N(C(=O)c3ccc(C)cc3)c3ncnn32)cc1. The smallest absolute Gasteiger partial charge is 0.261 e. The minimum absolute atomic E-state index is 0.0503. The van der Waals surface area contributed by atoms with Gasteiger partial charge < -0.3 is 4.74 Å². The van der Waals surface area contributed by atoms with Crippen molar-refractivity contribution in [2.75, 3.05) is 12.0 Å². The number of carbonyl (C=O) groups is 1. The first-order chi connectivity index (χ1) is 15.7. The fraction of sp³-hybridized carbons (Fsp3) is 0.192. The first kappa shape index (κ1) is 20.0. The zero-order chi connectivity index (χ0) is 22.1. The van der Waals surface area contributed by atoms with Crippen molar-refractivity contribution in [2.45, 2.75) is 25.4 Å². The van der Waals surface area contributed by atoms with Gasteiger partial charge in [0.1, 0.15) is 12.1 Å². The van der Waals surface area contributed by atoms with E-state index in [0.29, 0.717) is 17.9 Å². The van der Waals surface area contributed by atoms with Gasteiger partial charge in [0.25, 0.3) is 5.91 Å². The molecular weight excluding hydrogens is 400 g/mol. The Morgan fingerprint density at radius 1 is 0.906 bits per heavy atom. The maximum atomic E-state index is 13.7. The van der Waals surface area contributed by atoms with E-state index in [1.807, 2.05) is 66.2 Å². The zero-order valence-corrected chi connectivity index (χ0v) is 18.1. The zero-order valence-electron chi connectivity index (χ0n) is 18.1. The standard InChI is InChI=1S/C26H24N4O2/c1-18-8-10-21(11-9-18)25(31)29-23(19-6-4-3-5-7-19)16-24(30-26(29)27-17-28-30)20-12-14-22(32-2)15-13-20/h3-15,17,23-24H,16H2,1-2H3/t23-,24-/m0/s1. The fourth-order valence-electron chi connectivity index (χ4n) is 4.32. The summed E-state index contributed by atoms with van der Waals surface area (Å²) in [4.78, 5) is 20.0. The molecule has 1 amide bonds. The van der Waals surface area contributed by atoms with Crippen LogP contribution in [0.15, 0.2) is 85.2 Å². The van der Waals surface area contributed by atoms with Crippen LogP contribution >= 0.6 is 0 Å². The number of nitrogens with zero attached hydrogens (tertiary/aromatic N) is 4. The number of methoxy groups -OCH3 is 1. The molecule has 32 heavy (non-hydrogen) atoms. The molecule has 0 aliphatic carbocycles. The van der Waals surface area contributed by atoms with Gasteiger partial charge in [-0.25, -0.2) is 4.68 Å². The van der Waals surface area contributed by atoms with E-state index in [2.05, 4.69) is 34.3 Å². The molecule has 1 aliphatic heterocycles. The van der Waals surface area contributed by atoms with Gasteiger partial charge in [0.05, 0.1) is 19.2 Å². The van der Waals surface area contributed by atoms with Crippen LogP contribution in [0.4, 0.5) is 5.95 Å². The highest BCUT2D eigenvalue weighted by Crippen LogP contribution is 2.42. The van der Waals surface area contributed by atoms with E-state index in [1.165, 1.54) is 6.33 Å². The molecule has 6 heteroatoms. The van der Waals surface area contributed by atoms with Crippen molar-refractivity contribution in [3.63, 3.8) is 0 Å². The number of anilines is 1. The Hall–Kier alpha value is -3.93. The summed E-state index contributed by atoms with van der Waals surface area (Å²) in [5.74, 6) is 1.27. The van der Waals surface area contributed by atoms with Crippen LogP contribution in [0, 0.1) is 6.92 Å². The number of carbonyl (C=O) groups excluding carboxylic acids is 1. The van der Waals surface area contributed by atoms with E-state index in [4.69, 9.17) is 4.74 Å². The number of aryl methyl sites for hydroxylation is 1. The third kappa shape index (κ3) is 3.54. The largest absolute Gasteiger partial charge is 0.497 e. The third-order valence-electron chi connectivity index (χ3n) is 6.03. The van der Waals surface area contributed by atoms with E-state index >= 15 is 0 Å². The van der Waals surface area contributed by atoms with Crippen LogP contribution in [-0.4, -0.2) is 27.8 Å². The second kappa shape index (κ2) is 8.30. The first-order valence-electron chi connectivity index (χ1n) is 10.6. The normalized spacial score (nSPS) is 17.6. The minimum Gasteiger partial charge on any atom is -0.497 e. The van der Waals surface area contributed by atoms with Crippen molar-refractivity contribution >= 4 is 11.9 Å². The molecule has 3 aromatic carbocycles. The van der Waals surface area contributed by atoms with Gasteiger partial charge in [-0.15, -0.1) is 0 Å². The third-order valence-corrected chi connectivity index (χ3v) is 6.03. The predicted molar refractivity (Wildman–Crippen MR) is 123 cm³/mol. The molecule has 0 saturated heterocycles. The van der Waals surface area contributed by atoms with Crippen LogP contribution in [0.2, 0.25) is 0 Å². The lowest BCUT2D eigenvalue weighted by Gasteiger charge is -2.39. The lowest BCUT2D eigenvalue weighted by Crippen LogP contribution is -2.42. The summed E-state index contributed by atoms with van der Waals surface area (Å²) >= 11 is 0. The molecule has 2 heterocycles. The molecule has 0 bridgehead atoms. The number of ether oxygens (including phenoxy) is 1. The molecule has 0 N–H and O–H groups in total. The summed E-state index contributed by atoms with van der Waals surface area (Å²) < 4.78 is 7.17. The maximum absolute atomic E-state index is 13.7. The minimum atomic E-state index is -0.172. The first-order valence-corrected chi connectivity index (χ1v) is 10.6. The Balaban J connectivity index is 1.62. The lowest BCUT2D eigenvalue weighted by molar-refractivity contribution is 0.0963. The number of benzene rings is 3. The molecule has 0 radical (unpaired) electrons. The number of rotatable bonds is 4. The molecule has 1 aromatic heterocycles. The summed E-state index contributed by atoms with van der Waals surface area (Å²) in [6, 6.07) is 25.6. The van der Waals surface area contributed by atoms with E-state index in [9.17, 15) is 4.79 Å². The molecule has 1 aliphatic rings. The maximum Gasteiger partial charge on any atom is 0.261 e. The highest BCUT2D eigenvalue weighted by atomic mass is 16.5. The molecule has 0 fully saturated rings. The van der Waals surface area contributed by atoms with Crippen LogP contribution < -0.4 is 9.64 Å². The van der Waals surface area contributed by atoms with Crippen LogP contribution in [0.25, 0.3) is 0 Å². The van der Waals surface area contributed by atoms with Gasteiger partial charge in [-0.05, 0) is 48.7 Å². The summed E-state index contributed by atoms with van der Waals surface area (Å²) in [5, 5.41) is 4.51. The number of hydrogen-bond donors (Lipinski definition) is 0. The second-order valence-electron chi connectivity index (χ2n) is 8.00. The van der Waals surface area contributed by atoms with E-state index in [1.54, 1.807) is 12.0 Å². The molecule has 4 aromatic rings. The van der Waals surface area contributed by atoms with Gasteiger partial charge in [-0.2, -0.15) is 10.1 Å². The molecule has 2 atom stereocenters. The second-order valence-corrected chi connectivity index (χ2v) is 8.00. The Morgan fingerprint density at radius 3 is 2.28 bits per heavy atom. The van der Waals surface area contributed by atoms with Gasteiger partial charge in [-0.3, -0.25) is 9.69 Å². The number of fused-ring (bicyclic) bond motifs is 1. The van der Waals surface area contributed by atoms with Gasteiger partial charge in [0, 0.05) is 5.56 Å². The molecule has 0 saturated carbocycles. The Bertz CT molecular complexity index is 1220. The average molecular weight is 425 g/mol. The van der Waals surface area contributed by atoms with Crippen LogP contribution in [0.5, 0.6) is 5.75 Å². The van der Waals surface area contributed by atoms with Crippen molar-refractivity contribution in [3.8, 4) is 5.75 Å². The quantitative estimate of drug-likeness (QED) is 0.464. The van der Waals surface area contributed by atoms with Gasteiger partial charge in [0.2, 0.25) is 5.95 Å². The monoisotopic (exact) mass is 424 g/mol. The van der Waals surface area contributed by atoms with Crippen molar-refractivity contribution in [2.24, 2.45) is 0 Å². The number of hydrogen-bond acceptors (Lipinski definition) is 4. The van der Waals surface area contributed by atoms with Crippen molar-refractivity contribution in [1.29, 1.82) is 0 Å².